The van der Waals surface area contributed by atoms with Gasteiger partial charge in [0.2, 0.25) is 0 Å². The molecule has 0 N–H and O–H groups in total. The Morgan fingerprint density at radius 1 is 1.33 bits per heavy atom. The number of ether oxygens (including phenoxy) is 3. The van der Waals surface area contributed by atoms with E-state index in [1.807, 2.05) is 30.5 Å². The van der Waals surface area contributed by atoms with E-state index in [1.54, 1.807) is 17.8 Å². The van der Waals surface area contributed by atoms with Crippen LogP contribution in [0.4, 0.5) is 5.69 Å². The molecule has 0 spiro atoms. The van der Waals surface area contributed by atoms with E-state index in [1.165, 1.54) is 18.2 Å². The quantitative estimate of drug-likeness (QED) is 0.244. The van der Waals surface area contributed by atoms with E-state index in [0.717, 1.165) is 10.5 Å². The molecule has 0 unspecified atom stereocenters. The van der Waals surface area contributed by atoms with Gasteiger partial charge in [0.1, 0.15) is 12.4 Å². The maximum Gasteiger partial charge on any atom is 0.331 e. The summed E-state index contributed by atoms with van der Waals surface area (Å²) in [4.78, 5) is 23.7. The Hall–Kier alpha value is -2.84. The first kappa shape index (κ1) is 18.9. The molecule has 1 aliphatic rings. The number of nitro groups is 1. The molecule has 0 saturated carbocycles. The SMILES string of the molecule is CSc1ccc(C=CC(=O)OCc2cc([N+](=O)[O-])cc3c2OCOC3)cc1. The van der Waals surface area contributed by atoms with Gasteiger partial charge in [-0.3, -0.25) is 10.1 Å². The summed E-state index contributed by atoms with van der Waals surface area (Å²) in [7, 11) is 0. The van der Waals surface area contributed by atoms with E-state index in [-0.39, 0.29) is 25.7 Å². The normalized spacial score (nSPS) is 13.1. The van der Waals surface area contributed by atoms with Crippen LogP contribution in [0.15, 0.2) is 47.4 Å². The van der Waals surface area contributed by atoms with Gasteiger partial charge in [-0.05, 0) is 30.0 Å². The van der Waals surface area contributed by atoms with Gasteiger partial charge >= 0.3 is 5.97 Å². The van der Waals surface area contributed by atoms with Crippen LogP contribution in [-0.4, -0.2) is 23.9 Å². The van der Waals surface area contributed by atoms with Crippen LogP contribution < -0.4 is 4.74 Å². The van der Waals surface area contributed by atoms with E-state index in [9.17, 15) is 14.9 Å². The smallest absolute Gasteiger partial charge is 0.331 e. The average Bonchev–Trinajstić information content (AvgIpc) is 2.70. The maximum absolute atomic E-state index is 12.0. The number of nitrogens with zero attached hydrogens (tertiary/aromatic N) is 1. The number of fused-ring (bicyclic) bond motifs is 1. The van der Waals surface area contributed by atoms with Crippen molar-refractivity contribution in [3.63, 3.8) is 0 Å². The van der Waals surface area contributed by atoms with Gasteiger partial charge in [-0.25, -0.2) is 4.79 Å². The van der Waals surface area contributed by atoms with Crippen molar-refractivity contribution in [3.8, 4) is 5.75 Å². The third-order valence-electron chi connectivity index (χ3n) is 3.88. The molecule has 1 aliphatic heterocycles. The Kier molecular flexibility index (Phi) is 6.10. The van der Waals surface area contributed by atoms with Gasteiger partial charge in [0.25, 0.3) is 5.69 Å². The molecule has 2 aromatic rings. The van der Waals surface area contributed by atoms with Crippen molar-refractivity contribution in [2.24, 2.45) is 0 Å². The first-order valence-electron chi connectivity index (χ1n) is 8.06. The summed E-state index contributed by atoms with van der Waals surface area (Å²) in [5.41, 5.74) is 1.77. The summed E-state index contributed by atoms with van der Waals surface area (Å²) >= 11 is 1.64. The standard InChI is InChI=1S/C19H17NO6S/c1-27-17-5-2-13(3-6-17)4-7-18(21)25-11-15-9-16(20(22)23)8-14-10-24-12-26-19(14)15/h2-9H,10-12H2,1H3. The fourth-order valence-corrected chi connectivity index (χ4v) is 2.98. The first-order valence-corrected chi connectivity index (χ1v) is 9.29. The molecule has 2 aromatic carbocycles. The molecule has 27 heavy (non-hydrogen) atoms. The van der Waals surface area contributed by atoms with Crippen LogP contribution in [0.25, 0.3) is 6.08 Å². The molecule has 0 bridgehead atoms. The molecule has 0 saturated heterocycles. The van der Waals surface area contributed by atoms with Crippen LogP contribution in [0.1, 0.15) is 16.7 Å². The highest BCUT2D eigenvalue weighted by atomic mass is 32.2. The molecule has 0 amide bonds. The number of hydrogen-bond donors (Lipinski definition) is 0. The zero-order chi connectivity index (χ0) is 19.2. The Bertz CT molecular complexity index is 879. The van der Waals surface area contributed by atoms with Crippen molar-refractivity contribution in [2.75, 3.05) is 13.0 Å². The van der Waals surface area contributed by atoms with Crippen LogP contribution in [0.3, 0.4) is 0 Å². The number of hydrogen-bond acceptors (Lipinski definition) is 7. The lowest BCUT2D eigenvalue weighted by Crippen LogP contribution is -2.14. The van der Waals surface area contributed by atoms with Gasteiger partial charge in [0.05, 0.1) is 11.5 Å². The van der Waals surface area contributed by atoms with E-state index < -0.39 is 10.9 Å². The van der Waals surface area contributed by atoms with E-state index in [0.29, 0.717) is 16.9 Å². The first-order chi connectivity index (χ1) is 13.1. The largest absolute Gasteiger partial charge is 0.467 e. The van der Waals surface area contributed by atoms with Gasteiger partial charge in [0.15, 0.2) is 6.79 Å². The molecule has 7 nitrogen and oxygen atoms in total. The van der Waals surface area contributed by atoms with E-state index in [4.69, 9.17) is 14.2 Å². The Balaban J connectivity index is 1.68. The van der Waals surface area contributed by atoms with Crippen molar-refractivity contribution in [2.45, 2.75) is 18.1 Å². The molecule has 0 aromatic heterocycles. The third kappa shape index (κ3) is 4.87. The zero-order valence-corrected chi connectivity index (χ0v) is 15.4. The molecule has 0 fully saturated rings. The van der Waals surface area contributed by atoms with Crippen molar-refractivity contribution >= 4 is 29.5 Å². The minimum Gasteiger partial charge on any atom is -0.467 e. The maximum atomic E-state index is 12.0. The fourth-order valence-electron chi connectivity index (χ4n) is 2.57. The lowest BCUT2D eigenvalue weighted by Gasteiger charge is -2.20. The van der Waals surface area contributed by atoms with Crippen LogP contribution in [0, 0.1) is 10.1 Å². The minimum atomic E-state index is -0.545. The molecule has 0 aliphatic carbocycles. The van der Waals surface area contributed by atoms with Gasteiger partial charge < -0.3 is 14.2 Å². The van der Waals surface area contributed by atoms with Crippen LogP contribution in [-0.2, 0) is 27.5 Å². The Labute approximate surface area is 160 Å². The number of carbonyl (C=O) groups is 1. The highest BCUT2D eigenvalue weighted by molar-refractivity contribution is 7.98. The number of esters is 1. The summed E-state index contributed by atoms with van der Waals surface area (Å²) < 4.78 is 15.8. The predicted octanol–water partition coefficient (Wildman–Crippen LogP) is 3.94. The molecular formula is C19H17NO6S. The Morgan fingerprint density at radius 3 is 2.81 bits per heavy atom. The van der Waals surface area contributed by atoms with Crippen molar-refractivity contribution in [1.29, 1.82) is 0 Å². The average molecular weight is 387 g/mol. The summed E-state index contributed by atoms with van der Waals surface area (Å²) in [5.74, 6) is -0.0763. The number of non-ortho nitro benzene ring substituents is 1. The lowest BCUT2D eigenvalue weighted by atomic mass is 10.1. The van der Waals surface area contributed by atoms with Gasteiger partial charge in [-0.2, -0.15) is 0 Å². The number of thioether (sulfide) groups is 1. The van der Waals surface area contributed by atoms with Crippen molar-refractivity contribution in [3.05, 3.63) is 69.3 Å². The number of benzene rings is 2. The zero-order valence-electron chi connectivity index (χ0n) is 14.5. The molecule has 0 radical (unpaired) electrons. The van der Waals surface area contributed by atoms with Gasteiger partial charge in [-0.1, -0.05) is 12.1 Å². The summed E-state index contributed by atoms with van der Waals surface area (Å²) in [6.07, 6.45) is 4.96. The minimum absolute atomic E-state index is 0.0533. The number of rotatable bonds is 6. The van der Waals surface area contributed by atoms with Crippen molar-refractivity contribution in [1.82, 2.24) is 0 Å². The Morgan fingerprint density at radius 2 is 2.11 bits per heavy atom. The van der Waals surface area contributed by atoms with Crippen molar-refractivity contribution < 1.29 is 23.9 Å². The predicted molar refractivity (Wildman–Crippen MR) is 100 cm³/mol. The summed E-state index contributed by atoms with van der Waals surface area (Å²) in [5, 5.41) is 11.1. The highest BCUT2D eigenvalue weighted by Crippen LogP contribution is 2.33. The molecular weight excluding hydrogens is 370 g/mol. The second kappa shape index (κ2) is 8.70. The summed E-state index contributed by atoms with van der Waals surface area (Å²) in [6.45, 7) is 0.139. The number of carbonyl (C=O) groups excluding carboxylic acids is 1. The fraction of sp³-hybridized carbons (Fsp3) is 0.211. The molecule has 3 rings (SSSR count). The van der Waals surface area contributed by atoms with E-state index >= 15 is 0 Å². The van der Waals surface area contributed by atoms with Crippen LogP contribution in [0.2, 0.25) is 0 Å². The summed E-state index contributed by atoms with van der Waals surface area (Å²) in [6, 6.07) is 10.5. The second-order valence-electron chi connectivity index (χ2n) is 5.68. The second-order valence-corrected chi connectivity index (χ2v) is 6.55. The third-order valence-corrected chi connectivity index (χ3v) is 4.62. The molecule has 140 valence electrons. The van der Waals surface area contributed by atoms with Gasteiger partial charge in [-0.15, -0.1) is 11.8 Å². The van der Waals surface area contributed by atoms with Crippen LogP contribution >= 0.6 is 11.8 Å². The van der Waals surface area contributed by atoms with Crippen LogP contribution in [0.5, 0.6) is 5.75 Å². The monoisotopic (exact) mass is 387 g/mol. The molecule has 0 atom stereocenters. The number of nitro benzene ring substituents is 1. The molecule has 8 heteroatoms. The topological polar surface area (TPSA) is 87.9 Å². The lowest BCUT2D eigenvalue weighted by molar-refractivity contribution is -0.385. The van der Waals surface area contributed by atoms with Gasteiger partial charge in [0, 0.05) is 34.2 Å². The van der Waals surface area contributed by atoms with E-state index in [2.05, 4.69) is 0 Å². The molecule has 1 heterocycles. The highest BCUT2D eigenvalue weighted by Gasteiger charge is 2.21.